The molecule has 2 heterocycles. The van der Waals surface area contributed by atoms with Crippen molar-refractivity contribution in [2.75, 3.05) is 44.9 Å². The van der Waals surface area contributed by atoms with Crippen LogP contribution in [0.2, 0.25) is 0 Å². The van der Waals surface area contributed by atoms with Gasteiger partial charge in [-0.1, -0.05) is 31.9 Å². The average Bonchev–Trinajstić information content (AvgIpc) is 2.96. The minimum Gasteiger partial charge on any atom is -0.378 e. The minimum absolute atomic E-state index is 0.0517. The molecular weight excluding hydrogens is 368 g/mol. The first-order chi connectivity index (χ1) is 14.0. The maximum Gasteiger partial charge on any atom is 0.326 e. The number of benzene rings is 1. The van der Waals surface area contributed by atoms with Gasteiger partial charge in [-0.3, -0.25) is 9.69 Å². The molecule has 2 saturated heterocycles. The molecule has 0 unspecified atom stereocenters. The van der Waals surface area contributed by atoms with Crippen LogP contribution in [0.3, 0.4) is 0 Å². The Morgan fingerprint density at radius 2 is 1.90 bits per heavy atom. The molecule has 3 amide bonds. The molecule has 1 aromatic rings. The number of rotatable bonds is 5. The summed E-state index contributed by atoms with van der Waals surface area (Å²) in [5.74, 6) is 0.139. The predicted octanol–water partition coefficient (Wildman–Crippen LogP) is 2.41. The van der Waals surface area contributed by atoms with Crippen molar-refractivity contribution in [3.05, 3.63) is 29.8 Å². The number of urea groups is 1. The first-order valence-electron chi connectivity index (χ1n) is 10.7. The second kappa shape index (κ2) is 8.32. The lowest BCUT2D eigenvalue weighted by atomic mass is 9.73. The fourth-order valence-electron chi connectivity index (χ4n) is 4.86. The van der Waals surface area contributed by atoms with E-state index in [1.54, 1.807) is 0 Å². The third-order valence-electron chi connectivity index (χ3n) is 6.65. The van der Waals surface area contributed by atoms with Gasteiger partial charge in [-0.05, 0) is 43.5 Å². The molecule has 1 aromatic carbocycles. The molecule has 2 atom stereocenters. The van der Waals surface area contributed by atoms with Crippen LogP contribution in [-0.2, 0) is 16.1 Å². The van der Waals surface area contributed by atoms with Crippen LogP contribution in [0.5, 0.6) is 0 Å². The van der Waals surface area contributed by atoms with E-state index < -0.39 is 5.54 Å². The highest BCUT2D eigenvalue weighted by Gasteiger charge is 2.54. The van der Waals surface area contributed by atoms with Crippen LogP contribution in [0.1, 0.15) is 38.2 Å². The van der Waals surface area contributed by atoms with Gasteiger partial charge in [0.1, 0.15) is 5.54 Å². The molecule has 158 valence electrons. The van der Waals surface area contributed by atoms with E-state index in [4.69, 9.17) is 4.74 Å². The largest absolute Gasteiger partial charge is 0.378 e. The highest BCUT2D eigenvalue weighted by atomic mass is 16.5. The zero-order chi connectivity index (χ0) is 20.4. The van der Waals surface area contributed by atoms with Crippen molar-refractivity contribution >= 4 is 17.6 Å². The van der Waals surface area contributed by atoms with Crippen LogP contribution in [0, 0.1) is 5.92 Å². The first-order valence-corrected chi connectivity index (χ1v) is 10.7. The maximum atomic E-state index is 13.1. The van der Waals surface area contributed by atoms with Crippen molar-refractivity contribution in [1.82, 2.24) is 15.1 Å². The molecule has 1 saturated carbocycles. The number of hydrogen-bond acceptors (Lipinski definition) is 5. The molecule has 3 fully saturated rings. The molecule has 2 aliphatic heterocycles. The first kappa shape index (κ1) is 20.2. The Hall–Kier alpha value is -2.12. The summed E-state index contributed by atoms with van der Waals surface area (Å²) < 4.78 is 5.41. The van der Waals surface area contributed by atoms with Crippen LogP contribution in [0.15, 0.2) is 24.3 Å². The summed E-state index contributed by atoms with van der Waals surface area (Å²) in [7, 11) is 1.95. The lowest BCUT2D eigenvalue weighted by Crippen LogP contribution is -2.54. The Labute approximate surface area is 173 Å². The van der Waals surface area contributed by atoms with Crippen LogP contribution in [0.25, 0.3) is 0 Å². The number of ether oxygens (including phenoxy) is 1. The molecule has 1 aliphatic carbocycles. The second-order valence-corrected chi connectivity index (χ2v) is 8.70. The Morgan fingerprint density at radius 1 is 1.17 bits per heavy atom. The van der Waals surface area contributed by atoms with E-state index >= 15 is 0 Å². The van der Waals surface area contributed by atoms with Gasteiger partial charge in [0.25, 0.3) is 5.91 Å². The van der Waals surface area contributed by atoms with E-state index in [1.165, 1.54) is 10.6 Å². The third-order valence-corrected chi connectivity index (χ3v) is 6.65. The number of imide groups is 1. The zero-order valence-electron chi connectivity index (χ0n) is 17.5. The molecule has 0 bridgehead atoms. The van der Waals surface area contributed by atoms with Crippen molar-refractivity contribution in [2.45, 2.75) is 44.7 Å². The number of morpholine rings is 1. The highest BCUT2D eigenvalue weighted by molar-refractivity contribution is 6.07. The van der Waals surface area contributed by atoms with E-state index in [0.29, 0.717) is 13.2 Å². The number of carbonyl (C=O) groups is 2. The summed E-state index contributed by atoms with van der Waals surface area (Å²) in [6.45, 7) is 6.47. The normalized spacial score (nSPS) is 27.8. The molecule has 1 spiro atoms. The Kier molecular flexibility index (Phi) is 5.79. The van der Waals surface area contributed by atoms with Gasteiger partial charge < -0.3 is 15.0 Å². The third kappa shape index (κ3) is 3.98. The summed E-state index contributed by atoms with van der Waals surface area (Å²) in [6.07, 6.45) is 3.87. The molecule has 7 nitrogen and oxygen atoms in total. The predicted molar refractivity (Wildman–Crippen MR) is 112 cm³/mol. The summed E-state index contributed by atoms with van der Waals surface area (Å²) in [5.41, 5.74) is 1.69. The fourth-order valence-corrected chi connectivity index (χ4v) is 4.86. The molecule has 1 N–H and O–H groups in total. The minimum atomic E-state index is -0.685. The van der Waals surface area contributed by atoms with Gasteiger partial charge in [-0.2, -0.15) is 0 Å². The summed E-state index contributed by atoms with van der Waals surface area (Å²) in [6, 6.07) is 8.27. The summed E-state index contributed by atoms with van der Waals surface area (Å²) >= 11 is 0. The quantitative estimate of drug-likeness (QED) is 0.769. The van der Waals surface area contributed by atoms with Crippen molar-refractivity contribution < 1.29 is 14.3 Å². The molecule has 4 rings (SSSR count). The van der Waals surface area contributed by atoms with Crippen molar-refractivity contribution in [3.63, 3.8) is 0 Å². The number of anilines is 1. The second-order valence-electron chi connectivity index (χ2n) is 8.70. The number of carbonyl (C=O) groups excluding carboxylic acids is 2. The molecule has 3 aliphatic rings. The number of hydrogen-bond donors (Lipinski definition) is 1. The van der Waals surface area contributed by atoms with Gasteiger partial charge in [0.2, 0.25) is 0 Å². The van der Waals surface area contributed by atoms with E-state index in [9.17, 15) is 9.59 Å². The monoisotopic (exact) mass is 400 g/mol. The standard InChI is InChI=1S/C22H32N4O3/c1-17-5-3-4-10-22(17)20(27)26(21(28)23-22)16-24(2)15-18-6-8-19(9-7-18)25-11-13-29-14-12-25/h6-9,17H,3-5,10-16H2,1-2H3,(H,23,28)/t17-,22+/m0/s1. The molecule has 29 heavy (non-hydrogen) atoms. The zero-order valence-corrected chi connectivity index (χ0v) is 17.5. The molecular formula is C22H32N4O3. The van der Waals surface area contributed by atoms with Gasteiger partial charge in [-0.15, -0.1) is 0 Å². The van der Waals surface area contributed by atoms with Gasteiger partial charge >= 0.3 is 6.03 Å². The van der Waals surface area contributed by atoms with Gasteiger partial charge in [0.15, 0.2) is 0 Å². The Bertz CT molecular complexity index is 747. The van der Waals surface area contributed by atoms with Crippen LogP contribution in [-0.4, -0.2) is 67.3 Å². The molecule has 0 aromatic heterocycles. The summed E-state index contributed by atoms with van der Waals surface area (Å²) in [5, 5.41) is 3.03. The maximum absolute atomic E-state index is 13.1. The smallest absolute Gasteiger partial charge is 0.326 e. The Morgan fingerprint density at radius 3 is 2.59 bits per heavy atom. The van der Waals surface area contributed by atoms with Crippen molar-refractivity contribution in [1.29, 1.82) is 0 Å². The Balaban J connectivity index is 1.36. The topological polar surface area (TPSA) is 65.1 Å². The van der Waals surface area contributed by atoms with E-state index in [-0.39, 0.29) is 17.9 Å². The number of nitrogens with zero attached hydrogens (tertiary/aromatic N) is 3. The lowest BCUT2D eigenvalue weighted by Gasteiger charge is -2.37. The van der Waals surface area contributed by atoms with E-state index in [1.807, 2.05) is 11.9 Å². The fraction of sp³-hybridized carbons (Fsp3) is 0.636. The van der Waals surface area contributed by atoms with E-state index in [2.05, 4.69) is 41.4 Å². The van der Waals surface area contributed by atoms with Crippen LogP contribution in [0.4, 0.5) is 10.5 Å². The number of nitrogens with one attached hydrogen (secondary N) is 1. The highest BCUT2D eigenvalue weighted by Crippen LogP contribution is 2.38. The van der Waals surface area contributed by atoms with Crippen LogP contribution < -0.4 is 10.2 Å². The number of amides is 3. The average molecular weight is 401 g/mol. The van der Waals surface area contributed by atoms with Crippen molar-refractivity contribution in [2.24, 2.45) is 5.92 Å². The van der Waals surface area contributed by atoms with Gasteiger partial charge in [-0.25, -0.2) is 9.69 Å². The lowest BCUT2D eigenvalue weighted by molar-refractivity contribution is -0.135. The van der Waals surface area contributed by atoms with Crippen LogP contribution >= 0.6 is 0 Å². The van der Waals surface area contributed by atoms with E-state index in [0.717, 1.165) is 57.6 Å². The summed E-state index contributed by atoms with van der Waals surface area (Å²) in [4.78, 5) is 31.4. The van der Waals surface area contributed by atoms with Gasteiger partial charge in [0.05, 0.1) is 19.9 Å². The molecule has 0 radical (unpaired) electrons. The SMILES string of the molecule is C[C@H]1CCCC[C@@]12NC(=O)N(CN(C)Cc1ccc(N3CCOCC3)cc1)C2=O. The van der Waals surface area contributed by atoms with Crippen molar-refractivity contribution in [3.8, 4) is 0 Å². The molecule has 7 heteroatoms. The van der Waals surface area contributed by atoms with Gasteiger partial charge in [0, 0.05) is 25.3 Å².